The molecule has 0 atom stereocenters. The van der Waals surface area contributed by atoms with Crippen LogP contribution >= 0.6 is 23.6 Å². The molecule has 0 aliphatic carbocycles. The van der Waals surface area contributed by atoms with Gasteiger partial charge in [0.15, 0.2) is 0 Å². The second kappa shape index (κ2) is 4.51. The Hall–Kier alpha value is -0.940. The van der Waals surface area contributed by atoms with Gasteiger partial charge in [-0.3, -0.25) is 4.79 Å². The summed E-state index contributed by atoms with van der Waals surface area (Å²) in [5, 5.41) is 2.82. The summed E-state index contributed by atoms with van der Waals surface area (Å²) in [5.74, 6) is -0.126. The zero-order chi connectivity index (χ0) is 12.5. The second-order valence-corrected chi connectivity index (χ2v) is 5.99. The summed E-state index contributed by atoms with van der Waals surface area (Å²) in [6, 6.07) is 1.88. The number of hydrogen-bond donors (Lipinski definition) is 2. The van der Waals surface area contributed by atoms with Crippen molar-refractivity contribution in [2.24, 2.45) is 5.73 Å². The third-order valence-electron chi connectivity index (χ3n) is 2.43. The molecule has 0 radical (unpaired) electrons. The summed E-state index contributed by atoms with van der Waals surface area (Å²) in [4.78, 5) is 14.0. The van der Waals surface area contributed by atoms with Crippen molar-refractivity contribution in [1.82, 2.24) is 5.32 Å². The fourth-order valence-electron chi connectivity index (χ4n) is 1.09. The maximum Gasteiger partial charge on any atom is 0.262 e. The van der Waals surface area contributed by atoms with Gasteiger partial charge < -0.3 is 11.1 Å². The van der Waals surface area contributed by atoms with E-state index < -0.39 is 5.54 Å². The SMILES string of the molecule is Cc1cc(C(=O)NC(C)(C)C(N)=S)sc1C. The third kappa shape index (κ3) is 2.80. The van der Waals surface area contributed by atoms with Gasteiger partial charge in [0, 0.05) is 4.88 Å². The summed E-state index contributed by atoms with van der Waals surface area (Å²) in [5.41, 5.74) is 6.03. The topological polar surface area (TPSA) is 55.1 Å². The first kappa shape index (κ1) is 13.1. The van der Waals surface area contributed by atoms with Crippen LogP contribution in [0.2, 0.25) is 0 Å². The highest BCUT2D eigenvalue weighted by Gasteiger charge is 2.24. The lowest BCUT2D eigenvalue weighted by molar-refractivity contribution is 0.0936. The Kier molecular flexibility index (Phi) is 3.70. The normalized spacial score (nSPS) is 11.2. The second-order valence-electron chi connectivity index (χ2n) is 4.29. The van der Waals surface area contributed by atoms with Crippen molar-refractivity contribution in [1.29, 1.82) is 0 Å². The molecule has 5 heteroatoms. The van der Waals surface area contributed by atoms with Gasteiger partial charge in [0.25, 0.3) is 5.91 Å². The van der Waals surface area contributed by atoms with E-state index in [1.165, 1.54) is 11.3 Å². The van der Waals surface area contributed by atoms with Gasteiger partial charge in [0.1, 0.15) is 0 Å². The monoisotopic (exact) mass is 256 g/mol. The number of aryl methyl sites for hydroxylation is 2. The highest BCUT2D eigenvalue weighted by molar-refractivity contribution is 7.80. The van der Waals surface area contributed by atoms with Crippen LogP contribution in [-0.4, -0.2) is 16.4 Å². The van der Waals surface area contributed by atoms with Crippen LogP contribution in [0.25, 0.3) is 0 Å². The molecule has 88 valence electrons. The molecule has 0 saturated carbocycles. The average molecular weight is 256 g/mol. The first-order valence-electron chi connectivity index (χ1n) is 4.93. The van der Waals surface area contributed by atoms with E-state index in [1.807, 2.05) is 19.9 Å². The van der Waals surface area contributed by atoms with Crippen LogP contribution in [0.1, 0.15) is 34.0 Å². The van der Waals surface area contributed by atoms with Crippen LogP contribution in [-0.2, 0) is 0 Å². The molecule has 1 aromatic rings. The maximum atomic E-state index is 11.9. The fourth-order valence-corrected chi connectivity index (χ4v) is 2.07. The van der Waals surface area contributed by atoms with E-state index >= 15 is 0 Å². The molecule has 0 aliphatic rings. The minimum atomic E-state index is -0.655. The van der Waals surface area contributed by atoms with Gasteiger partial charge in [-0.25, -0.2) is 0 Å². The number of carbonyl (C=O) groups excluding carboxylic acids is 1. The van der Waals surface area contributed by atoms with Gasteiger partial charge >= 0.3 is 0 Å². The summed E-state index contributed by atoms with van der Waals surface area (Å²) in [6.07, 6.45) is 0. The number of hydrogen-bond acceptors (Lipinski definition) is 3. The zero-order valence-electron chi connectivity index (χ0n) is 9.88. The van der Waals surface area contributed by atoms with E-state index in [9.17, 15) is 4.79 Å². The van der Waals surface area contributed by atoms with Crippen molar-refractivity contribution in [2.75, 3.05) is 0 Å². The van der Waals surface area contributed by atoms with Gasteiger partial charge in [0.2, 0.25) is 0 Å². The molecular weight excluding hydrogens is 240 g/mol. The van der Waals surface area contributed by atoms with E-state index in [0.717, 1.165) is 10.4 Å². The Balaban J connectivity index is 2.84. The van der Waals surface area contributed by atoms with Crippen LogP contribution in [0.5, 0.6) is 0 Å². The summed E-state index contributed by atoms with van der Waals surface area (Å²) >= 11 is 6.38. The van der Waals surface area contributed by atoms with Crippen molar-refractivity contribution < 1.29 is 4.79 Å². The van der Waals surface area contributed by atoms with Crippen molar-refractivity contribution in [3.8, 4) is 0 Å². The minimum Gasteiger partial charge on any atom is -0.391 e. The molecule has 0 saturated heterocycles. The highest BCUT2D eigenvalue weighted by atomic mass is 32.1. The molecule has 0 aromatic carbocycles. The fraction of sp³-hybridized carbons (Fsp3) is 0.455. The maximum absolute atomic E-state index is 11.9. The van der Waals surface area contributed by atoms with Crippen molar-refractivity contribution in [3.63, 3.8) is 0 Å². The molecule has 3 N–H and O–H groups in total. The minimum absolute atomic E-state index is 0.126. The lowest BCUT2D eigenvalue weighted by Crippen LogP contribution is -2.51. The van der Waals surface area contributed by atoms with Crippen molar-refractivity contribution >= 4 is 34.5 Å². The summed E-state index contributed by atoms with van der Waals surface area (Å²) in [6.45, 7) is 7.57. The molecular formula is C11H16N2OS2. The number of thiocarbonyl (C=S) groups is 1. The Labute approximate surface area is 105 Å². The Morgan fingerprint density at radius 3 is 2.44 bits per heavy atom. The molecule has 1 heterocycles. The molecule has 0 bridgehead atoms. The van der Waals surface area contributed by atoms with Crippen molar-refractivity contribution in [2.45, 2.75) is 33.2 Å². The van der Waals surface area contributed by atoms with Crippen LogP contribution in [0.4, 0.5) is 0 Å². The molecule has 16 heavy (non-hydrogen) atoms. The number of nitrogens with one attached hydrogen (secondary N) is 1. The van der Waals surface area contributed by atoms with Crippen LogP contribution < -0.4 is 11.1 Å². The van der Waals surface area contributed by atoms with Crippen LogP contribution in [0.15, 0.2) is 6.07 Å². The molecule has 3 nitrogen and oxygen atoms in total. The van der Waals surface area contributed by atoms with Gasteiger partial charge in [-0.15, -0.1) is 11.3 Å². The number of thiophene rings is 1. The summed E-state index contributed by atoms with van der Waals surface area (Å²) < 4.78 is 0. The van der Waals surface area contributed by atoms with Gasteiger partial charge in [-0.2, -0.15) is 0 Å². The molecule has 1 amide bonds. The molecule has 0 spiro atoms. The van der Waals surface area contributed by atoms with Crippen LogP contribution in [0.3, 0.4) is 0 Å². The molecule has 0 aliphatic heterocycles. The Bertz CT molecular complexity index is 416. The molecule has 0 unspecified atom stereocenters. The molecule has 1 rings (SSSR count). The Morgan fingerprint density at radius 2 is 2.06 bits per heavy atom. The van der Waals surface area contributed by atoms with E-state index in [1.54, 1.807) is 13.8 Å². The van der Waals surface area contributed by atoms with E-state index in [4.69, 9.17) is 18.0 Å². The quantitative estimate of drug-likeness (QED) is 0.815. The molecule has 0 fully saturated rings. The molecule has 1 aromatic heterocycles. The lowest BCUT2D eigenvalue weighted by Gasteiger charge is -2.24. The average Bonchev–Trinajstić information content (AvgIpc) is 2.46. The first-order chi connectivity index (χ1) is 7.24. The summed E-state index contributed by atoms with van der Waals surface area (Å²) in [7, 11) is 0. The number of carbonyl (C=O) groups is 1. The van der Waals surface area contributed by atoms with Crippen LogP contribution in [0, 0.1) is 13.8 Å². The van der Waals surface area contributed by atoms with Gasteiger partial charge in [-0.05, 0) is 39.3 Å². The zero-order valence-corrected chi connectivity index (χ0v) is 11.5. The number of nitrogens with two attached hydrogens (primary N) is 1. The number of rotatable bonds is 3. The standard InChI is InChI=1S/C11H16N2OS2/c1-6-5-8(16-7(6)2)9(14)13-11(3,4)10(12)15/h5H,1-4H3,(H2,12,15)(H,13,14). The van der Waals surface area contributed by atoms with Crippen molar-refractivity contribution in [3.05, 3.63) is 21.4 Å². The highest BCUT2D eigenvalue weighted by Crippen LogP contribution is 2.21. The largest absolute Gasteiger partial charge is 0.391 e. The first-order valence-corrected chi connectivity index (χ1v) is 6.16. The number of amides is 1. The predicted octanol–water partition coefficient (Wildman–Crippen LogP) is 2.16. The predicted molar refractivity (Wildman–Crippen MR) is 72.1 cm³/mol. The third-order valence-corrected chi connectivity index (χ3v) is 4.09. The van der Waals surface area contributed by atoms with E-state index in [0.29, 0.717) is 4.88 Å². The Morgan fingerprint density at radius 1 is 1.50 bits per heavy atom. The van der Waals surface area contributed by atoms with E-state index in [-0.39, 0.29) is 10.9 Å². The van der Waals surface area contributed by atoms with Gasteiger partial charge in [-0.1, -0.05) is 12.2 Å². The van der Waals surface area contributed by atoms with E-state index in [2.05, 4.69) is 5.32 Å². The van der Waals surface area contributed by atoms with Gasteiger partial charge in [0.05, 0.1) is 15.4 Å². The lowest BCUT2D eigenvalue weighted by atomic mass is 10.1. The smallest absolute Gasteiger partial charge is 0.262 e.